The van der Waals surface area contributed by atoms with Crippen LogP contribution in [0.4, 0.5) is 0 Å². The maximum absolute atomic E-state index is 12.1. The smallest absolute Gasteiger partial charge is 0.220 e. The molecule has 0 unspecified atom stereocenters. The van der Waals surface area contributed by atoms with Gasteiger partial charge in [0.05, 0.1) is 17.0 Å². The molecule has 0 spiro atoms. The highest BCUT2D eigenvalue weighted by molar-refractivity contribution is 7.91. The Morgan fingerprint density at radius 2 is 2.14 bits per heavy atom. The fourth-order valence-corrected chi connectivity index (χ4v) is 5.19. The first-order valence-corrected chi connectivity index (χ1v) is 9.26. The highest BCUT2D eigenvalue weighted by Gasteiger charge is 2.39. The maximum atomic E-state index is 12.1. The number of aromatic nitrogens is 1. The summed E-state index contributed by atoms with van der Waals surface area (Å²) in [6.07, 6.45) is 3.42. The quantitative estimate of drug-likeness (QED) is 0.901. The van der Waals surface area contributed by atoms with Crippen LogP contribution < -0.4 is 5.32 Å². The van der Waals surface area contributed by atoms with Crippen molar-refractivity contribution in [3.63, 3.8) is 0 Å². The molecule has 0 radical (unpaired) electrons. The van der Waals surface area contributed by atoms with Gasteiger partial charge in [0.2, 0.25) is 5.91 Å². The number of fused-ring (bicyclic) bond motifs is 1. The number of amides is 1. The lowest BCUT2D eigenvalue weighted by Crippen LogP contribution is -2.46. The number of sulfone groups is 1. The molecule has 1 aliphatic rings. The predicted octanol–water partition coefficient (Wildman–Crippen LogP) is 1.79. The molecule has 3 rings (SSSR count). The predicted molar refractivity (Wildman–Crippen MR) is 86.4 cm³/mol. The Kier molecular flexibility index (Phi) is 3.72. The molecule has 1 atom stereocenters. The summed E-state index contributed by atoms with van der Waals surface area (Å²) in [5.41, 5.74) is 1.55. The van der Waals surface area contributed by atoms with E-state index < -0.39 is 15.4 Å². The van der Waals surface area contributed by atoms with Crippen LogP contribution in [0.3, 0.4) is 0 Å². The van der Waals surface area contributed by atoms with Crippen LogP contribution in [-0.2, 0) is 21.1 Å². The van der Waals surface area contributed by atoms with E-state index in [2.05, 4.69) is 10.3 Å². The van der Waals surface area contributed by atoms with Gasteiger partial charge in [0, 0.05) is 23.5 Å². The van der Waals surface area contributed by atoms with E-state index in [0.717, 1.165) is 16.5 Å². The SMILES string of the molecule is C[C@@]1(NC(=O)CCc2c[nH]c3ccccc23)CCS(=O)(=O)C1. The molecule has 118 valence electrons. The normalized spacial score (nSPS) is 23.7. The molecule has 22 heavy (non-hydrogen) atoms. The van der Waals surface area contributed by atoms with Crippen molar-refractivity contribution < 1.29 is 13.2 Å². The van der Waals surface area contributed by atoms with Gasteiger partial charge in [-0.2, -0.15) is 0 Å². The van der Waals surface area contributed by atoms with Crippen LogP contribution >= 0.6 is 0 Å². The summed E-state index contributed by atoms with van der Waals surface area (Å²) in [4.78, 5) is 15.3. The maximum Gasteiger partial charge on any atom is 0.220 e. The second-order valence-corrected chi connectivity index (χ2v) is 8.49. The molecule has 1 amide bonds. The molecule has 6 heteroatoms. The first kappa shape index (κ1) is 15.1. The van der Waals surface area contributed by atoms with Crippen molar-refractivity contribution in [3.8, 4) is 0 Å². The van der Waals surface area contributed by atoms with Crippen molar-refractivity contribution in [2.24, 2.45) is 0 Å². The largest absolute Gasteiger partial charge is 0.361 e. The van der Waals surface area contributed by atoms with Gasteiger partial charge in [0.1, 0.15) is 0 Å². The Morgan fingerprint density at radius 3 is 2.86 bits per heavy atom. The number of carbonyl (C=O) groups is 1. The standard InChI is InChI=1S/C16H20N2O3S/c1-16(8-9-22(20,21)11-16)18-15(19)7-6-12-10-17-14-5-3-2-4-13(12)14/h2-5,10,17H,6-9,11H2,1H3,(H,18,19)/t16-/m1/s1. The molecule has 2 N–H and O–H groups in total. The van der Waals surface area contributed by atoms with Crippen LogP contribution in [-0.4, -0.2) is 36.4 Å². The number of benzene rings is 1. The number of nitrogens with one attached hydrogen (secondary N) is 2. The van der Waals surface area contributed by atoms with Crippen molar-refractivity contribution in [2.45, 2.75) is 31.7 Å². The minimum Gasteiger partial charge on any atom is -0.361 e. The number of H-pyrrole nitrogens is 1. The Morgan fingerprint density at radius 1 is 1.36 bits per heavy atom. The van der Waals surface area contributed by atoms with Crippen LogP contribution in [0.2, 0.25) is 0 Å². The highest BCUT2D eigenvalue weighted by atomic mass is 32.2. The lowest BCUT2D eigenvalue weighted by molar-refractivity contribution is -0.122. The molecular formula is C16H20N2O3S. The second kappa shape index (κ2) is 5.43. The third-order valence-electron chi connectivity index (χ3n) is 4.24. The van der Waals surface area contributed by atoms with E-state index in [0.29, 0.717) is 19.3 Å². The van der Waals surface area contributed by atoms with Crippen LogP contribution in [0.5, 0.6) is 0 Å². The van der Waals surface area contributed by atoms with E-state index in [1.54, 1.807) is 6.92 Å². The molecule has 1 aromatic heterocycles. The molecule has 1 saturated heterocycles. The van der Waals surface area contributed by atoms with Crippen molar-refractivity contribution in [3.05, 3.63) is 36.0 Å². The Hall–Kier alpha value is -1.82. The average Bonchev–Trinajstić information content (AvgIpc) is 2.97. The zero-order valence-electron chi connectivity index (χ0n) is 12.6. The molecule has 1 aliphatic heterocycles. The van der Waals surface area contributed by atoms with Gasteiger partial charge in [-0.3, -0.25) is 4.79 Å². The Bertz CT molecular complexity index is 810. The summed E-state index contributed by atoms with van der Waals surface area (Å²) < 4.78 is 23.1. The lowest BCUT2D eigenvalue weighted by Gasteiger charge is -2.23. The zero-order valence-corrected chi connectivity index (χ0v) is 13.4. The van der Waals surface area contributed by atoms with E-state index in [9.17, 15) is 13.2 Å². The van der Waals surface area contributed by atoms with E-state index in [-0.39, 0.29) is 17.4 Å². The molecule has 2 heterocycles. The van der Waals surface area contributed by atoms with Crippen molar-refractivity contribution >= 4 is 26.6 Å². The van der Waals surface area contributed by atoms with Crippen molar-refractivity contribution in [1.29, 1.82) is 0 Å². The van der Waals surface area contributed by atoms with Crippen molar-refractivity contribution in [1.82, 2.24) is 10.3 Å². The third-order valence-corrected chi connectivity index (χ3v) is 6.14. The average molecular weight is 320 g/mol. The number of hydrogen-bond donors (Lipinski definition) is 2. The van der Waals surface area contributed by atoms with E-state index >= 15 is 0 Å². The zero-order chi connectivity index (χ0) is 15.8. The second-order valence-electron chi connectivity index (χ2n) is 6.31. The summed E-state index contributed by atoms with van der Waals surface area (Å²) in [5.74, 6) is 0.107. The van der Waals surface area contributed by atoms with E-state index in [1.807, 2.05) is 30.5 Å². The third kappa shape index (κ3) is 3.16. The highest BCUT2D eigenvalue weighted by Crippen LogP contribution is 2.23. The Balaban J connectivity index is 1.61. The molecule has 5 nitrogen and oxygen atoms in total. The fraction of sp³-hybridized carbons (Fsp3) is 0.438. The molecule has 1 aromatic carbocycles. The van der Waals surface area contributed by atoms with Crippen LogP contribution in [0.15, 0.2) is 30.5 Å². The number of aryl methyl sites for hydroxylation is 1. The van der Waals surface area contributed by atoms with Crippen LogP contribution in [0.25, 0.3) is 10.9 Å². The summed E-state index contributed by atoms with van der Waals surface area (Å²) in [7, 11) is -3.01. The minimum absolute atomic E-state index is 0.0405. The first-order valence-electron chi connectivity index (χ1n) is 7.43. The molecule has 1 fully saturated rings. The van der Waals surface area contributed by atoms with Crippen LogP contribution in [0, 0.1) is 0 Å². The van der Waals surface area contributed by atoms with Gasteiger partial charge in [-0.25, -0.2) is 8.42 Å². The van der Waals surface area contributed by atoms with Gasteiger partial charge in [-0.1, -0.05) is 18.2 Å². The molecule has 0 aliphatic carbocycles. The van der Waals surface area contributed by atoms with Gasteiger partial charge in [-0.15, -0.1) is 0 Å². The van der Waals surface area contributed by atoms with Crippen molar-refractivity contribution in [2.75, 3.05) is 11.5 Å². The van der Waals surface area contributed by atoms with Gasteiger partial charge in [-0.05, 0) is 31.4 Å². The monoisotopic (exact) mass is 320 g/mol. The summed E-state index contributed by atoms with van der Waals surface area (Å²) >= 11 is 0. The first-order chi connectivity index (χ1) is 10.4. The van der Waals surface area contributed by atoms with Gasteiger partial charge in [0.25, 0.3) is 0 Å². The van der Waals surface area contributed by atoms with Gasteiger partial charge >= 0.3 is 0 Å². The molecular weight excluding hydrogens is 300 g/mol. The molecule has 2 aromatic rings. The summed E-state index contributed by atoms with van der Waals surface area (Å²) in [6, 6.07) is 7.98. The van der Waals surface area contributed by atoms with Gasteiger partial charge < -0.3 is 10.3 Å². The summed E-state index contributed by atoms with van der Waals surface area (Å²) in [5, 5.41) is 4.02. The van der Waals surface area contributed by atoms with Crippen LogP contribution in [0.1, 0.15) is 25.3 Å². The molecule has 0 bridgehead atoms. The number of para-hydroxylation sites is 1. The number of aromatic amines is 1. The topological polar surface area (TPSA) is 79.0 Å². The molecule has 0 saturated carbocycles. The number of rotatable bonds is 4. The van der Waals surface area contributed by atoms with E-state index in [1.165, 1.54) is 0 Å². The fourth-order valence-electron chi connectivity index (χ4n) is 3.09. The lowest BCUT2D eigenvalue weighted by atomic mass is 10.0. The van der Waals surface area contributed by atoms with E-state index in [4.69, 9.17) is 0 Å². The number of carbonyl (C=O) groups excluding carboxylic acids is 1. The van der Waals surface area contributed by atoms with Gasteiger partial charge in [0.15, 0.2) is 9.84 Å². The Labute approximate surface area is 130 Å². The number of hydrogen-bond acceptors (Lipinski definition) is 3. The minimum atomic E-state index is -3.01. The summed E-state index contributed by atoms with van der Waals surface area (Å²) in [6.45, 7) is 1.81.